The van der Waals surface area contributed by atoms with Gasteiger partial charge >= 0.3 is 0 Å². The van der Waals surface area contributed by atoms with Crippen LogP contribution >= 0.6 is 11.3 Å². The molecule has 2 aromatic heterocycles. The van der Waals surface area contributed by atoms with Gasteiger partial charge in [-0.3, -0.25) is 4.90 Å². The quantitative estimate of drug-likeness (QED) is 0.699. The van der Waals surface area contributed by atoms with Crippen molar-refractivity contribution in [3.05, 3.63) is 46.4 Å². The summed E-state index contributed by atoms with van der Waals surface area (Å²) in [5, 5.41) is 14.6. The molecular formula is C17H17F3N4OS. The van der Waals surface area contributed by atoms with Gasteiger partial charge in [-0.25, -0.2) is 18.2 Å². The van der Waals surface area contributed by atoms with Gasteiger partial charge in [0, 0.05) is 0 Å². The van der Waals surface area contributed by atoms with Crippen molar-refractivity contribution in [2.24, 2.45) is 0 Å². The van der Waals surface area contributed by atoms with Crippen molar-refractivity contribution in [1.82, 2.24) is 19.5 Å². The van der Waals surface area contributed by atoms with Gasteiger partial charge in [-0.05, 0) is 43.6 Å². The highest BCUT2D eigenvalue weighted by atomic mass is 32.1. The molecule has 1 aliphatic rings. The Balaban J connectivity index is 1.86. The number of likely N-dealkylation sites (tertiary alicyclic amines) is 1. The van der Waals surface area contributed by atoms with Gasteiger partial charge in [0.15, 0.2) is 17.5 Å². The molecule has 3 aromatic rings. The summed E-state index contributed by atoms with van der Waals surface area (Å²) < 4.78 is 42.5. The zero-order valence-corrected chi connectivity index (χ0v) is 14.6. The van der Waals surface area contributed by atoms with E-state index in [9.17, 15) is 18.3 Å². The standard InChI is InChI=1S/C17H17F3N4OS/c18-11-7-10(8-12(19)13(11)20)14(23-5-3-1-2-4-6-23)15-16(25)24-17(26-15)21-9-22-24/h7-9,14,25H,1-6H2. The molecule has 9 heteroatoms. The summed E-state index contributed by atoms with van der Waals surface area (Å²) in [4.78, 5) is 7.13. The van der Waals surface area contributed by atoms with E-state index in [4.69, 9.17) is 0 Å². The molecular weight excluding hydrogens is 365 g/mol. The van der Waals surface area contributed by atoms with Crippen molar-refractivity contribution in [3.8, 4) is 5.88 Å². The minimum absolute atomic E-state index is 0.109. The van der Waals surface area contributed by atoms with Crippen molar-refractivity contribution in [3.63, 3.8) is 0 Å². The van der Waals surface area contributed by atoms with E-state index in [1.54, 1.807) is 0 Å². The van der Waals surface area contributed by atoms with Gasteiger partial charge in [-0.15, -0.1) is 0 Å². The predicted molar refractivity (Wildman–Crippen MR) is 90.7 cm³/mol. The third-order valence-corrected chi connectivity index (χ3v) is 5.80. The van der Waals surface area contributed by atoms with Crippen LogP contribution in [0.2, 0.25) is 0 Å². The number of aromatic nitrogens is 3. The van der Waals surface area contributed by atoms with Gasteiger partial charge in [-0.1, -0.05) is 24.2 Å². The molecule has 0 saturated carbocycles. The van der Waals surface area contributed by atoms with Crippen LogP contribution in [0.25, 0.3) is 4.96 Å². The molecule has 0 bridgehead atoms. The average Bonchev–Trinajstić information content (AvgIpc) is 3.07. The normalized spacial score (nSPS) is 17.5. The molecule has 4 rings (SSSR count). The Morgan fingerprint density at radius 3 is 2.31 bits per heavy atom. The molecule has 0 radical (unpaired) electrons. The highest BCUT2D eigenvalue weighted by molar-refractivity contribution is 7.17. The first-order chi connectivity index (χ1) is 12.6. The fourth-order valence-electron chi connectivity index (χ4n) is 3.49. The third-order valence-electron chi connectivity index (χ3n) is 4.71. The monoisotopic (exact) mass is 382 g/mol. The van der Waals surface area contributed by atoms with Gasteiger partial charge < -0.3 is 5.11 Å². The fourth-order valence-corrected chi connectivity index (χ4v) is 4.58. The first-order valence-corrected chi connectivity index (χ1v) is 9.28. The molecule has 1 N–H and O–H groups in total. The van der Waals surface area contributed by atoms with Gasteiger partial charge in [0.25, 0.3) is 0 Å². The first kappa shape index (κ1) is 17.3. The van der Waals surface area contributed by atoms with Gasteiger partial charge in [0.2, 0.25) is 10.8 Å². The maximum absolute atomic E-state index is 13.9. The molecule has 1 atom stereocenters. The van der Waals surface area contributed by atoms with Crippen LogP contribution in [0, 0.1) is 17.5 Å². The van der Waals surface area contributed by atoms with Gasteiger partial charge in [0.05, 0.1) is 10.9 Å². The van der Waals surface area contributed by atoms with Crippen molar-refractivity contribution in [2.75, 3.05) is 13.1 Å². The van der Waals surface area contributed by atoms with Crippen LogP contribution in [-0.4, -0.2) is 37.7 Å². The summed E-state index contributed by atoms with van der Waals surface area (Å²) in [5.41, 5.74) is 0.267. The van der Waals surface area contributed by atoms with Gasteiger partial charge in [0.1, 0.15) is 6.33 Å². The van der Waals surface area contributed by atoms with E-state index in [2.05, 4.69) is 15.0 Å². The number of fused-ring (bicyclic) bond motifs is 1. The van der Waals surface area contributed by atoms with Crippen LogP contribution in [0.4, 0.5) is 13.2 Å². The summed E-state index contributed by atoms with van der Waals surface area (Å²) in [5.74, 6) is -4.07. The Morgan fingerprint density at radius 2 is 1.69 bits per heavy atom. The molecule has 1 fully saturated rings. The van der Waals surface area contributed by atoms with E-state index in [-0.39, 0.29) is 11.4 Å². The highest BCUT2D eigenvalue weighted by Crippen LogP contribution is 2.41. The summed E-state index contributed by atoms with van der Waals surface area (Å²) in [7, 11) is 0. The maximum Gasteiger partial charge on any atom is 0.230 e. The molecule has 1 aromatic carbocycles. The Hall–Kier alpha value is -2.13. The molecule has 1 unspecified atom stereocenters. The largest absolute Gasteiger partial charge is 0.492 e. The lowest BCUT2D eigenvalue weighted by Gasteiger charge is -2.30. The van der Waals surface area contributed by atoms with Crippen LogP contribution in [0.1, 0.15) is 42.2 Å². The fraction of sp³-hybridized carbons (Fsp3) is 0.412. The number of benzene rings is 1. The maximum atomic E-state index is 13.9. The van der Waals surface area contributed by atoms with E-state index < -0.39 is 23.5 Å². The number of hydrogen-bond donors (Lipinski definition) is 1. The van der Waals surface area contributed by atoms with E-state index in [0.717, 1.165) is 50.9 Å². The predicted octanol–water partition coefficient (Wildman–Crippen LogP) is 3.88. The van der Waals surface area contributed by atoms with E-state index in [1.807, 2.05) is 0 Å². The summed E-state index contributed by atoms with van der Waals surface area (Å²) in [6.45, 7) is 1.44. The average molecular weight is 382 g/mol. The number of halogens is 3. The van der Waals surface area contributed by atoms with Crippen LogP contribution in [-0.2, 0) is 0 Å². The van der Waals surface area contributed by atoms with E-state index >= 15 is 0 Å². The Kier molecular flexibility index (Phi) is 4.58. The van der Waals surface area contributed by atoms with E-state index in [0.29, 0.717) is 9.84 Å². The number of rotatable bonds is 3. The summed E-state index contributed by atoms with van der Waals surface area (Å²) in [6, 6.07) is 1.42. The molecule has 0 spiro atoms. The number of hydrogen-bond acceptors (Lipinski definition) is 5. The molecule has 138 valence electrons. The second kappa shape index (κ2) is 6.88. The lowest BCUT2D eigenvalue weighted by atomic mass is 10.0. The topological polar surface area (TPSA) is 53.7 Å². The third kappa shape index (κ3) is 2.95. The Bertz CT molecular complexity index is 910. The second-order valence-corrected chi connectivity index (χ2v) is 7.40. The van der Waals surface area contributed by atoms with Crippen LogP contribution < -0.4 is 0 Å². The van der Waals surface area contributed by atoms with Crippen LogP contribution in [0.3, 0.4) is 0 Å². The first-order valence-electron chi connectivity index (χ1n) is 8.46. The van der Waals surface area contributed by atoms with E-state index in [1.165, 1.54) is 22.2 Å². The number of thiazole rings is 1. The highest BCUT2D eigenvalue weighted by Gasteiger charge is 2.31. The van der Waals surface area contributed by atoms with Crippen LogP contribution in [0.15, 0.2) is 18.5 Å². The van der Waals surface area contributed by atoms with Crippen molar-refractivity contribution in [1.29, 1.82) is 0 Å². The Morgan fingerprint density at radius 1 is 1.04 bits per heavy atom. The lowest BCUT2D eigenvalue weighted by Crippen LogP contribution is -2.30. The molecule has 5 nitrogen and oxygen atoms in total. The van der Waals surface area contributed by atoms with Gasteiger partial charge in [-0.2, -0.15) is 9.61 Å². The smallest absolute Gasteiger partial charge is 0.230 e. The minimum Gasteiger partial charge on any atom is -0.492 e. The SMILES string of the molecule is Oc1c(C(c2cc(F)c(F)c(F)c2)N2CCCCCC2)sc2ncnn12. The zero-order valence-electron chi connectivity index (χ0n) is 13.8. The molecule has 0 aliphatic carbocycles. The zero-order chi connectivity index (χ0) is 18.3. The number of nitrogens with zero attached hydrogens (tertiary/aromatic N) is 4. The molecule has 1 saturated heterocycles. The molecule has 3 heterocycles. The summed E-state index contributed by atoms with van der Waals surface area (Å²) >= 11 is 1.21. The lowest BCUT2D eigenvalue weighted by molar-refractivity contribution is 0.231. The number of aromatic hydroxyl groups is 1. The molecule has 0 amide bonds. The Labute approximate surface area is 151 Å². The van der Waals surface area contributed by atoms with Crippen molar-refractivity contribution >= 4 is 16.3 Å². The van der Waals surface area contributed by atoms with Crippen molar-refractivity contribution in [2.45, 2.75) is 31.7 Å². The minimum atomic E-state index is -1.49. The van der Waals surface area contributed by atoms with Crippen LogP contribution in [0.5, 0.6) is 5.88 Å². The second-order valence-electron chi connectivity index (χ2n) is 6.40. The molecule has 26 heavy (non-hydrogen) atoms. The molecule has 1 aliphatic heterocycles. The van der Waals surface area contributed by atoms with Crippen molar-refractivity contribution < 1.29 is 18.3 Å². The summed E-state index contributed by atoms with van der Waals surface area (Å²) in [6.07, 6.45) is 5.38.